The minimum atomic E-state index is -1.27. The second-order valence-electron chi connectivity index (χ2n) is 7.97. The Morgan fingerprint density at radius 1 is 0.941 bits per heavy atom. The van der Waals surface area contributed by atoms with Gasteiger partial charge in [0.05, 0.1) is 6.61 Å². The molecule has 0 radical (unpaired) electrons. The number of hydroxylamine groups is 1. The molecule has 0 saturated heterocycles. The first-order valence-electron chi connectivity index (χ1n) is 10.2. The number of carbonyl (C=O) groups is 3. The molecule has 0 heterocycles. The van der Waals surface area contributed by atoms with Gasteiger partial charge in [0.25, 0.3) is 11.8 Å². The predicted molar refractivity (Wildman–Crippen MR) is 125 cm³/mol. The first-order chi connectivity index (χ1) is 16.1. The van der Waals surface area contributed by atoms with Crippen molar-refractivity contribution >= 4 is 23.6 Å². The zero-order chi connectivity index (χ0) is 25.1. The molecule has 0 aromatic heterocycles. The Morgan fingerprint density at radius 2 is 1.47 bits per heavy atom. The van der Waals surface area contributed by atoms with Crippen molar-refractivity contribution in [2.75, 3.05) is 11.9 Å². The van der Waals surface area contributed by atoms with Crippen molar-refractivity contribution in [1.29, 1.82) is 0 Å². The van der Waals surface area contributed by atoms with Gasteiger partial charge in [-0.3, -0.25) is 20.1 Å². The average Bonchev–Trinajstić information content (AvgIpc) is 2.79. The Balaban J connectivity index is 1.94. The summed E-state index contributed by atoms with van der Waals surface area (Å²) < 4.78 is 5.20. The lowest BCUT2D eigenvalue weighted by Crippen LogP contribution is -2.48. The number of carbonyl (C=O) groups excluding carboxylic acids is 3. The van der Waals surface area contributed by atoms with Crippen molar-refractivity contribution in [1.82, 2.24) is 10.8 Å². The van der Waals surface area contributed by atoms with Gasteiger partial charge in [0.2, 0.25) is 0 Å². The van der Waals surface area contributed by atoms with Gasteiger partial charge in [-0.15, -0.1) is 0 Å². The van der Waals surface area contributed by atoms with E-state index in [4.69, 9.17) is 15.1 Å². The highest BCUT2D eigenvalue weighted by Gasteiger charge is 2.20. The molecule has 2 aromatic carbocycles. The molecule has 9 heteroatoms. The highest BCUT2D eigenvalue weighted by Crippen LogP contribution is 2.12. The molecule has 0 aliphatic heterocycles. The molecule has 0 spiro atoms. The quantitative estimate of drug-likeness (QED) is 0.261. The van der Waals surface area contributed by atoms with E-state index in [-0.39, 0.29) is 5.56 Å². The number of ether oxygens (including phenoxy) is 1. The number of hydrogen-bond donors (Lipinski definition) is 5. The molecule has 1 atom stereocenters. The van der Waals surface area contributed by atoms with Gasteiger partial charge in [-0.25, -0.2) is 10.3 Å². The zero-order valence-corrected chi connectivity index (χ0v) is 18.9. The van der Waals surface area contributed by atoms with Crippen LogP contribution in [0.5, 0.6) is 0 Å². The van der Waals surface area contributed by atoms with E-state index < -0.39 is 36.2 Å². The number of rotatable bonds is 5. The molecular formula is C25H25N3O6. The van der Waals surface area contributed by atoms with Gasteiger partial charge in [0.1, 0.15) is 11.6 Å². The lowest BCUT2D eigenvalue weighted by molar-refractivity contribution is -0.132. The summed E-state index contributed by atoms with van der Waals surface area (Å²) in [5.74, 6) is 9.68. The van der Waals surface area contributed by atoms with E-state index in [1.165, 1.54) is 17.6 Å². The molecule has 0 aliphatic carbocycles. The first kappa shape index (κ1) is 25.9. The van der Waals surface area contributed by atoms with Gasteiger partial charge >= 0.3 is 6.09 Å². The standard InChI is InChI=1S/C25H25N3O6/c1-25(2,3)34-24(32)26-20-14-10-18(11-15-20)7-5-4-6-17-8-12-19(13-9-17)22(30)27-21(16-29)23(31)28-33/h8-15,21,29,33H,16H2,1-3H3,(H,26,32)(H,27,30)(H,28,31)/t21-/m0/s1. The summed E-state index contributed by atoms with van der Waals surface area (Å²) in [6, 6.07) is 11.9. The fourth-order valence-electron chi connectivity index (χ4n) is 2.48. The van der Waals surface area contributed by atoms with Crippen molar-refractivity contribution in [3.8, 4) is 23.7 Å². The van der Waals surface area contributed by atoms with Crippen LogP contribution >= 0.6 is 0 Å². The number of aliphatic hydroxyl groups is 1. The maximum Gasteiger partial charge on any atom is 0.412 e. The van der Waals surface area contributed by atoms with Crippen LogP contribution in [0.2, 0.25) is 0 Å². The van der Waals surface area contributed by atoms with Crippen LogP contribution in [0.1, 0.15) is 42.3 Å². The molecule has 0 bridgehead atoms. The van der Waals surface area contributed by atoms with E-state index in [0.29, 0.717) is 16.8 Å². The third-order valence-corrected chi connectivity index (χ3v) is 4.07. The molecule has 2 rings (SSSR count). The summed E-state index contributed by atoms with van der Waals surface area (Å²) in [6.45, 7) is 4.69. The number of aliphatic hydroxyl groups excluding tert-OH is 1. The van der Waals surface area contributed by atoms with Gasteiger partial charge in [0, 0.05) is 22.4 Å². The van der Waals surface area contributed by atoms with Gasteiger partial charge in [-0.1, -0.05) is 11.8 Å². The third kappa shape index (κ3) is 8.67. The average molecular weight is 463 g/mol. The normalized spacial score (nSPS) is 11.0. The van der Waals surface area contributed by atoms with E-state index in [0.717, 1.165) is 0 Å². The summed E-state index contributed by atoms with van der Waals surface area (Å²) in [4.78, 5) is 35.2. The second-order valence-corrected chi connectivity index (χ2v) is 7.97. The molecule has 9 nitrogen and oxygen atoms in total. The lowest BCUT2D eigenvalue weighted by Gasteiger charge is -2.19. The predicted octanol–water partition coefficient (Wildman–Crippen LogP) is 2.03. The van der Waals surface area contributed by atoms with Crippen LogP contribution in [0.4, 0.5) is 10.5 Å². The van der Waals surface area contributed by atoms with Gasteiger partial charge in [-0.05, 0) is 81.1 Å². The fraction of sp³-hybridized carbons (Fsp3) is 0.240. The molecular weight excluding hydrogens is 438 g/mol. The van der Waals surface area contributed by atoms with E-state index in [2.05, 4.69) is 34.3 Å². The fourth-order valence-corrected chi connectivity index (χ4v) is 2.48. The molecule has 2 aromatic rings. The Labute approximate surface area is 197 Å². The summed E-state index contributed by atoms with van der Waals surface area (Å²) >= 11 is 0. The van der Waals surface area contributed by atoms with Gasteiger partial charge < -0.3 is 15.2 Å². The van der Waals surface area contributed by atoms with Crippen molar-refractivity contribution < 1.29 is 29.4 Å². The third-order valence-electron chi connectivity index (χ3n) is 4.07. The number of nitrogens with one attached hydrogen (secondary N) is 3. The minimum Gasteiger partial charge on any atom is -0.444 e. The number of hydrogen-bond acceptors (Lipinski definition) is 6. The zero-order valence-electron chi connectivity index (χ0n) is 18.9. The topological polar surface area (TPSA) is 137 Å². The van der Waals surface area contributed by atoms with Crippen molar-refractivity contribution in [2.45, 2.75) is 32.4 Å². The van der Waals surface area contributed by atoms with Crippen molar-refractivity contribution in [3.05, 3.63) is 65.2 Å². The SMILES string of the molecule is CC(C)(C)OC(=O)Nc1ccc(C#CC#Cc2ccc(C(=O)N[C@@H](CO)C(=O)NO)cc2)cc1. The molecule has 0 unspecified atom stereocenters. The van der Waals surface area contributed by atoms with Crippen molar-refractivity contribution in [2.24, 2.45) is 0 Å². The van der Waals surface area contributed by atoms with Gasteiger partial charge in [-0.2, -0.15) is 0 Å². The summed E-state index contributed by atoms with van der Waals surface area (Å²) in [5.41, 5.74) is 2.95. The Kier molecular flexibility index (Phi) is 9.21. The Hall–Kier alpha value is -4.31. The van der Waals surface area contributed by atoms with E-state index in [1.54, 1.807) is 57.2 Å². The largest absolute Gasteiger partial charge is 0.444 e. The molecule has 5 N–H and O–H groups in total. The Bertz CT molecular complexity index is 1140. The number of anilines is 1. The van der Waals surface area contributed by atoms with Crippen molar-refractivity contribution in [3.63, 3.8) is 0 Å². The molecule has 3 amide bonds. The van der Waals surface area contributed by atoms with Crippen LogP contribution in [0.25, 0.3) is 0 Å². The smallest absolute Gasteiger partial charge is 0.412 e. The highest BCUT2D eigenvalue weighted by atomic mass is 16.6. The van der Waals surface area contributed by atoms with Crippen LogP contribution in [0, 0.1) is 23.7 Å². The lowest BCUT2D eigenvalue weighted by atomic mass is 10.1. The van der Waals surface area contributed by atoms with Crippen LogP contribution < -0.4 is 16.1 Å². The van der Waals surface area contributed by atoms with Crippen LogP contribution in [0.15, 0.2) is 48.5 Å². The molecule has 34 heavy (non-hydrogen) atoms. The van der Waals surface area contributed by atoms with Crippen LogP contribution in [-0.2, 0) is 9.53 Å². The number of amides is 3. The minimum absolute atomic E-state index is 0.251. The molecule has 176 valence electrons. The monoisotopic (exact) mass is 463 g/mol. The summed E-state index contributed by atoms with van der Waals surface area (Å²) in [5, 5.41) is 22.7. The van der Waals surface area contributed by atoms with E-state index in [1.807, 2.05) is 0 Å². The molecule has 0 aliphatic rings. The van der Waals surface area contributed by atoms with E-state index in [9.17, 15) is 14.4 Å². The molecule has 0 saturated carbocycles. The molecule has 0 fully saturated rings. The summed E-state index contributed by atoms with van der Waals surface area (Å²) in [7, 11) is 0. The number of benzene rings is 2. The maximum atomic E-state index is 12.1. The second kappa shape index (κ2) is 12.1. The van der Waals surface area contributed by atoms with E-state index >= 15 is 0 Å². The first-order valence-corrected chi connectivity index (χ1v) is 10.2. The van der Waals surface area contributed by atoms with Gasteiger partial charge in [0.15, 0.2) is 0 Å². The maximum absolute atomic E-state index is 12.1. The summed E-state index contributed by atoms with van der Waals surface area (Å²) in [6.07, 6.45) is -0.537. The van der Waals surface area contributed by atoms with Crippen LogP contribution in [0.3, 0.4) is 0 Å². The highest BCUT2D eigenvalue weighted by molar-refractivity contribution is 5.97. The Morgan fingerprint density at radius 3 is 1.94 bits per heavy atom. The van der Waals surface area contributed by atoms with Crippen LogP contribution in [-0.4, -0.2) is 46.5 Å².